The molecule has 2 unspecified atom stereocenters. The Morgan fingerprint density at radius 1 is 1.13 bits per heavy atom. The summed E-state index contributed by atoms with van der Waals surface area (Å²) in [4.78, 5) is 18.1. The Bertz CT molecular complexity index is 1170. The quantitative estimate of drug-likeness (QED) is 0.221. The number of rotatable bonds is 5. The van der Waals surface area contributed by atoms with Gasteiger partial charge < -0.3 is 19.3 Å². The number of methoxy groups -OCH3 is 1. The van der Waals surface area contributed by atoms with Crippen LogP contribution in [0.1, 0.15) is 29.0 Å². The van der Waals surface area contributed by atoms with Crippen molar-refractivity contribution in [2.45, 2.75) is 18.5 Å². The van der Waals surface area contributed by atoms with Gasteiger partial charge in [-0.15, -0.1) is 0 Å². The van der Waals surface area contributed by atoms with E-state index in [1.807, 2.05) is 11.9 Å². The maximum atomic E-state index is 14.1. The minimum Gasteiger partial charge on any atom is -0.484 e. The van der Waals surface area contributed by atoms with E-state index in [4.69, 9.17) is 9.47 Å². The van der Waals surface area contributed by atoms with Gasteiger partial charge in [0.25, 0.3) is 0 Å². The summed E-state index contributed by atoms with van der Waals surface area (Å²) >= 11 is 0. The summed E-state index contributed by atoms with van der Waals surface area (Å²) in [7, 11) is 3.30. The van der Waals surface area contributed by atoms with Crippen LogP contribution in [0.3, 0.4) is 0 Å². The van der Waals surface area contributed by atoms with E-state index in [1.165, 1.54) is 25.3 Å². The van der Waals surface area contributed by atoms with Crippen molar-refractivity contribution >= 4 is 18.0 Å². The number of likely N-dealkylation sites (tertiary alicyclic amines) is 1. The first kappa shape index (κ1) is 30.2. The molecule has 212 valence electrons. The molecule has 2 fully saturated rings. The SMILES string of the molecule is C=C(N=C(OC)C1CC(c2cccc(C(F)(F)F)c2)CN(C)C1)c1ccc(F)cc1F.O=CN1CCOCC1. The molecule has 4 rings (SSSR count). The fraction of sp³-hybridized carbons (Fsp3) is 0.429. The number of nitrogens with zero attached hydrogens (tertiary/aromatic N) is 3. The number of benzene rings is 2. The Morgan fingerprint density at radius 3 is 2.44 bits per heavy atom. The van der Waals surface area contributed by atoms with Gasteiger partial charge in [-0.2, -0.15) is 13.2 Å². The lowest BCUT2D eigenvalue weighted by Gasteiger charge is -2.36. The number of ether oxygens (including phenoxy) is 2. The Labute approximate surface area is 224 Å². The first-order valence-corrected chi connectivity index (χ1v) is 12.4. The highest BCUT2D eigenvalue weighted by Gasteiger charge is 2.34. The molecule has 2 aliphatic rings. The molecular formula is C28H32F5N3O3. The van der Waals surface area contributed by atoms with Crippen molar-refractivity contribution in [2.24, 2.45) is 10.9 Å². The van der Waals surface area contributed by atoms with Gasteiger partial charge in [0.05, 0.1) is 31.6 Å². The summed E-state index contributed by atoms with van der Waals surface area (Å²) in [6, 6.07) is 8.44. The zero-order chi connectivity index (χ0) is 28.6. The van der Waals surface area contributed by atoms with Crippen LogP contribution in [-0.4, -0.2) is 75.7 Å². The number of halogens is 5. The maximum Gasteiger partial charge on any atom is 0.416 e. The lowest BCUT2D eigenvalue weighted by molar-refractivity contribution is -0.137. The van der Waals surface area contributed by atoms with Crippen LogP contribution < -0.4 is 0 Å². The van der Waals surface area contributed by atoms with Crippen LogP contribution in [0, 0.1) is 17.6 Å². The van der Waals surface area contributed by atoms with Gasteiger partial charge in [0, 0.05) is 43.7 Å². The fourth-order valence-electron chi connectivity index (χ4n) is 4.61. The second-order valence-electron chi connectivity index (χ2n) is 9.45. The Balaban J connectivity index is 0.000000449. The monoisotopic (exact) mass is 553 g/mol. The van der Waals surface area contributed by atoms with Crippen molar-refractivity contribution in [3.05, 3.63) is 77.4 Å². The van der Waals surface area contributed by atoms with Gasteiger partial charge in [-0.1, -0.05) is 24.8 Å². The highest BCUT2D eigenvalue weighted by atomic mass is 19.4. The highest BCUT2D eigenvalue weighted by Crippen LogP contribution is 2.35. The van der Waals surface area contributed by atoms with Crippen LogP contribution in [0.5, 0.6) is 0 Å². The van der Waals surface area contributed by atoms with Crippen molar-refractivity contribution < 1.29 is 36.2 Å². The molecule has 0 radical (unpaired) electrons. The smallest absolute Gasteiger partial charge is 0.416 e. The Morgan fingerprint density at radius 2 is 1.85 bits per heavy atom. The number of alkyl halides is 3. The maximum absolute atomic E-state index is 14.1. The van der Waals surface area contributed by atoms with Crippen molar-refractivity contribution in [2.75, 3.05) is 53.6 Å². The van der Waals surface area contributed by atoms with E-state index in [1.54, 1.807) is 11.0 Å². The third kappa shape index (κ3) is 8.59. The van der Waals surface area contributed by atoms with Gasteiger partial charge in [0.1, 0.15) is 11.6 Å². The molecule has 2 aromatic carbocycles. The van der Waals surface area contributed by atoms with Crippen LogP contribution in [0.2, 0.25) is 0 Å². The first-order chi connectivity index (χ1) is 18.5. The number of piperidine rings is 1. The van der Waals surface area contributed by atoms with Gasteiger partial charge in [0.2, 0.25) is 6.41 Å². The number of carbonyl (C=O) groups is 1. The molecule has 39 heavy (non-hydrogen) atoms. The Hall–Kier alpha value is -3.31. The van der Waals surface area contributed by atoms with Gasteiger partial charge >= 0.3 is 6.18 Å². The van der Waals surface area contributed by atoms with Gasteiger partial charge in [0.15, 0.2) is 5.90 Å². The van der Waals surface area contributed by atoms with Crippen molar-refractivity contribution in [3.8, 4) is 0 Å². The molecule has 0 aromatic heterocycles. The molecule has 2 heterocycles. The van der Waals surface area contributed by atoms with Gasteiger partial charge in [-0.05, 0) is 43.1 Å². The normalized spacial score (nSPS) is 20.6. The first-order valence-electron chi connectivity index (χ1n) is 12.4. The van der Waals surface area contributed by atoms with Gasteiger partial charge in [-0.3, -0.25) is 4.79 Å². The molecule has 0 aliphatic carbocycles. The minimum absolute atomic E-state index is 0.0505. The molecule has 2 aromatic rings. The zero-order valence-corrected chi connectivity index (χ0v) is 21.9. The number of amides is 1. The number of carbonyl (C=O) groups excluding carboxylic acids is 1. The zero-order valence-electron chi connectivity index (χ0n) is 21.9. The predicted molar refractivity (Wildman–Crippen MR) is 138 cm³/mol. The average molecular weight is 554 g/mol. The van der Waals surface area contributed by atoms with E-state index in [2.05, 4.69) is 11.6 Å². The topological polar surface area (TPSA) is 54.4 Å². The van der Waals surface area contributed by atoms with Crippen molar-refractivity contribution in [3.63, 3.8) is 0 Å². The lowest BCUT2D eigenvalue weighted by atomic mass is 9.84. The second-order valence-corrected chi connectivity index (χ2v) is 9.45. The number of hydrogen-bond donors (Lipinski definition) is 0. The third-order valence-electron chi connectivity index (χ3n) is 6.56. The molecule has 2 aliphatic heterocycles. The number of aliphatic imine (C=N–C) groups is 1. The molecule has 6 nitrogen and oxygen atoms in total. The van der Waals surface area contributed by atoms with E-state index in [0.717, 1.165) is 37.7 Å². The van der Waals surface area contributed by atoms with Gasteiger partial charge in [-0.25, -0.2) is 13.8 Å². The van der Waals surface area contributed by atoms with Crippen LogP contribution in [0.25, 0.3) is 5.70 Å². The number of likely N-dealkylation sites (N-methyl/N-ethyl adjacent to an activating group) is 1. The molecule has 0 saturated carbocycles. The van der Waals surface area contributed by atoms with E-state index >= 15 is 0 Å². The predicted octanol–water partition coefficient (Wildman–Crippen LogP) is 5.21. The summed E-state index contributed by atoms with van der Waals surface area (Å²) in [6.07, 6.45) is -3.04. The summed E-state index contributed by atoms with van der Waals surface area (Å²) < 4.78 is 77.0. The second kappa shape index (κ2) is 13.7. The molecule has 11 heteroatoms. The van der Waals surface area contributed by atoms with Crippen LogP contribution >= 0.6 is 0 Å². The molecular weight excluding hydrogens is 521 g/mol. The number of hydrogen-bond acceptors (Lipinski definition) is 5. The summed E-state index contributed by atoms with van der Waals surface area (Å²) in [5.41, 5.74) is 0.0357. The van der Waals surface area contributed by atoms with Crippen molar-refractivity contribution in [1.29, 1.82) is 0 Å². The van der Waals surface area contributed by atoms with Crippen LogP contribution in [0.4, 0.5) is 22.0 Å². The van der Waals surface area contributed by atoms with Crippen molar-refractivity contribution in [1.82, 2.24) is 9.80 Å². The van der Waals surface area contributed by atoms with E-state index < -0.39 is 23.4 Å². The minimum atomic E-state index is -4.41. The van der Waals surface area contributed by atoms with E-state index in [9.17, 15) is 26.7 Å². The molecule has 2 saturated heterocycles. The molecule has 0 bridgehead atoms. The molecule has 0 spiro atoms. The van der Waals surface area contributed by atoms with E-state index in [-0.39, 0.29) is 23.1 Å². The largest absolute Gasteiger partial charge is 0.484 e. The summed E-state index contributed by atoms with van der Waals surface area (Å²) in [6.45, 7) is 7.81. The molecule has 1 amide bonds. The Kier molecular flexibility index (Phi) is 10.6. The third-order valence-corrected chi connectivity index (χ3v) is 6.56. The highest BCUT2D eigenvalue weighted by molar-refractivity contribution is 5.85. The lowest BCUT2D eigenvalue weighted by Crippen LogP contribution is -2.40. The summed E-state index contributed by atoms with van der Waals surface area (Å²) in [5, 5.41) is 0. The van der Waals surface area contributed by atoms with Crippen LogP contribution in [0.15, 0.2) is 54.0 Å². The average Bonchev–Trinajstić information content (AvgIpc) is 2.91. The van der Waals surface area contributed by atoms with Crippen LogP contribution in [-0.2, 0) is 20.4 Å². The standard InChI is InChI=1S/C23H23F5N2O.C5H9NO2/c1-14(20-8-7-19(24)11-21(20)25)29-22(31-3)17-9-16(12-30(2)13-17)15-5-4-6-18(10-15)23(26,27)28;7-5-6-1-3-8-4-2-6/h4-8,10-11,16-17H,1,9,12-13H2,2-3H3;5H,1-4H2. The van der Waals surface area contributed by atoms with E-state index in [0.29, 0.717) is 44.2 Å². The summed E-state index contributed by atoms with van der Waals surface area (Å²) in [5.74, 6) is -1.59. The fourth-order valence-corrected chi connectivity index (χ4v) is 4.61. The molecule has 2 atom stereocenters. The number of morpholine rings is 1. The molecule has 0 N–H and O–H groups in total.